The quantitative estimate of drug-likeness (QED) is 0.498. The van der Waals surface area contributed by atoms with Crippen molar-refractivity contribution in [2.24, 2.45) is 0 Å². The van der Waals surface area contributed by atoms with Crippen LogP contribution in [0, 0.1) is 0 Å². The first-order valence-electron chi connectivity index (χ1n) is 5.94. The topological polar surface area (TPSA) is 105 Å². The van der Waals surface area contributed by atoms with Crippen molar-refractivity contribution in [1.82, 2.24) is 20.7 Å². The Morgan fingerprint density at radius 2 is 1.05 bits per heavy atom. The highest BCUT2D eigenvalue weighted by Crippen LogP contribution is 1.98. The molecule has 0 atom stereocenters. The van der Waals surface area contributed by atoms with Crippen molar-refractivity contribution in [3.05, 3.63) is 0 Å². The number of hydrogen-bond acceptors (Lipinski definition) is 6. The zero-order valence-corrected chi connectivity index (χ0v) is 15.2. The van der Waals surface area contributed by atoms with Crippen molar-refractivity contribution < 1.29 is 19.8 Å². The van der Waals surface area contributed by atoms with E-state index in [2.05, 4.69) is 10.6 Å². The molecule has 1 aliphatic rings. The number of halogens is 4. The Bertz CT molecular complexity index is 274. The van der Waals surface area contributed by atoms with Crippen LogP contribution in [0.3, 0.4) is 0 Å². The largest absolute Gasteiger partial charge is 0.480 e. The lowest BCUT2D eigenvalue weighted by Crippen LogP contribution is -2.53. The highest BCUT2D eigenvalue weighted by molar-refractivity contribution is 5.86. The fourth-order valence-corrected chi connectivity index (χ4v) is 1.80. The number of hydrazine groups is 1. The smallest absolute Gasteiger partial charge is 0.319 e. The second kappa shape index (κ2) is 17.3. The van der Waals surface area contributed by atoms with Crippen molar-refractivity contribution in [2.75, 3.05) is 52.4 Å². The highest BCUT2D eigenvalue weighted by Gasteiger charge is 2.20. The third-order valence-electron chi connectivity index (χ3n) is 2.61. The molecule has 1 fully saturated rings. The van der Waals surface area contributed by atoms with E-state index in [1.807, 2.05) is 0 Å². The van der Waals surface area contributed by atoms with Gasteiger partial charge in [-0.1, -0.05) is 0 Å². The normalized spacial score (nSPS) is 16.7. The minimum absolute atomic E-state index is 0. The number of carboxylic acid groups (broad SMARTS) is 2. The molecule has 136 valence electrons. The molecule has 0 unspecified atom stereocenters. The lowest BCUT2D eigenvalue weighted by atomic mass is 10.4. The second-order valence-corrected chi connectivity index (χ2v) is 4.06. The monoisotopic (exact) mass is 404 g/mol. The summed E-state index contributed by atoms with van der Waals surface area (Å²) in [6, 6.07) is 0. The lowest BCUT2D eigenvalue weighted by molar-refractivity contribution is -0.152. The van der Waals surface area contributed by atoms with Crippen LogP contribution >= 0.6 is 49.6 Å². The van der Waals surface area contributed by atoms with Crippen LogP contribution in [0.15, 0.2) is 0 Å². The van der Waals surface area contributed by atoms with Crippen LogP contribution in [-0.2, 0) is 9.59 Å². The van der Waals surface area contributed by atoms with Crippen molar-refractivity contribution in [1.29, 1.82) is 0 Å². The van der Waals surface area contributed by atoms with Gasteiger partial charge in [0.15, 0.2) is 0 Å². The van der Waals surface area contributed by atoms with Gasteiger partial charge in [0.2, 0.25) is 0 Å². The average molecular weight is 406 g/mol. The Morgan fingerprint density at radius 1 is 0.727 bits per heavy atom. The number of aliphatic carboxylic acids is 2. The molecule has 0 amide bonds. The molecule has 8 nitrogen and oxygen atoms in total. The third kappa shape index (κ3) is 13.6. The zero-order valence-electron chi connectivity index (χ0n) is 11.9. The van der Waals surface area contributed by atoms with E-state index < -0.39 is 11.9 Å². The van der Waals surface area contributed by atoms with E-state index in [-0.39, 0.29) is 62.7 Å². The van der Waals surface area contributed by atoms with Gasteiger partial charge in [0.05, 0.1) is 0 Å². The van der Waals surface area contributed by atoms with Gasteiger partial charge >= 0.3 is 11.9 Å². The van der Waals surface area contributed by atoms with Crippen LogP contribution in [-0.4, -0.2) is 84.5 Å². The van der Waals surface area contributed by atoms with E-state index in [1.165, 1.54) is 0 Å². The van der Waals surface area contributed by atoms with E-state index in [0.29, 0.717) is 26.2 Å². The number of rotatable bonds is 4. The maximum Gasteiger partial charge on any atom is 0.319 e. The first kappa shape index (κ1) is 29.9. The highest BCUT2D eigenvalue weighted by atomic mass is 35.5. The first-order valence-corrected chi connectivity index (χ1v) is 5.94. The van der Waals surface area contributed by atoms with Gasteiger partial charge in [0.1, 0.15) is 13.1 Å². The third-order valence-corrected chi connectivity index (χ3v) is 2.61. The summed E-state index contributed by atoms with van der Waals surface area (Å²) >= 11 is 0. The maximum absolute atomic E-state index is 10.8. The average Bonchev–Trinajstić information content (AvgIpc) is 2.28. The van der Waals surface area contributed by atoms with Crippen LogP contribution in [0.5, 0.6) is 0 Å². The maximum atomic E-state index is 10.8. The van der Waals surface area contributed by atoms with E-state index in [0.717, 1.165) is 13.1 Å². The number of nitrogens with zero attached hydrogens (tertiary/aromatic N) is 2. The fraction of sp³-hybridized carbons (Fsp3) is 0.800. The minimum atomic E-state index is -0.963. The Labute approximate surface area is 154 Å². The van der Waals surface area contributed by atoms with Gasteiger partial charge < -0.3 is 20.8 Å². The molecule has 0 bridgehead atoms. The molecule has 1 aliphatic heterocycles. The number of carboxylic acids is 2. The first-order chi connectivity index (χ1) is 8.59. The SMILES string of the molecule is Cl.Cl.Cl.Cl.O=C(O)CN1CCNCCNCCN1CC(=O)O. The molecule has 0 aromatic rings. The molecule has 0 saturated carbocycles. The zero-order chi connectivity index (χ0) is 13.4. The Morgan fingerprint density at radius 3 is 1.32 bits per heavy atom. The second-order valence-electron chi connectivity index (χ2n) is 4.06. The van der Waals surface area contributed by atoms with Crippen molar-refractivity contribution in [3.63, 3.8) is 0 Å². The summed E-state index contributed by atoms with van der Waals surface area (Å²) in [5, 5.41) is 27.2. The predicted octanol–water partition coefficient (Wildman–Crippen LogP) is -0.445. The standard InChI is InChI=1S/C10H20N4O4.4ClH/c15-9(16)7-13-5-3-11-1-2-12-4-6-14(13)8-10(17)18;;;;/h11-12H,1-8H2,(H,15,16)(H,17,18);4*1H. The van der Waals surface area contributed by atoms with Crippen LogP contribution in [0.1, 0.15) is 0 Å². The molecule has 22 heavy (non-hydrogen) atoms. The number of carbonyl (C=O) groups is 2. The summed E-state index contributed by atoms with van der Waals surface area (Å²) in [5.41, 5.74) is 0. The van der Waals surface area contributed by atoms with Gasteiger partial charge in [0.25, 0.3) is 0 Å². The molecule has 0 spiro atoms. The van der Waals surface area contributed by atoms with Crippen molar-refractivity contribution in [3.8, 4) is 0 Å². The van der Waals surface area contributed by atoms with Gasteiger partial charge in [-0.3, -0.25) is 9.59 Å². The minimum Gasteiger partial charge on any atom is -0.480 e. The van der Waals surface area contributed by atoms with Gasteiger partial charge in [-0.2, -0.15) is 0 Å². The molecule has 1 saturated heterocycles. The summed E-state index contributed by atoms with van der Waals surface area (Å²) < 4.78 is 0. The Kier molecular flexibility index (Phi) is 23.5. The molecule has 1 rings (SSSR count). The van der Waals surface area contributed by atoms with Crippen LogP contribution < -0.4 is 10.6 Å². The predicted molar refractivity (Wildman–Crippen MR) is 93.1 cm³/mol. The lowest BCUT2D eigenvalue weighted by Gasteiger charge is -2.33. The Balaban J connectivity index is -0.000000405. The summed E-state index contributed by atoms with van der Waals surface area (Å²) in [6.07, 6.45) is 0. The van der Waals surface area contributed by atoms with Gasteiger partial charge in [-0.25, -0.2) is 10.0 Å². The summed E-state index contributed by atoms with van der Waals surface area (Å²) in [7, 11) is 0. The molecule has 1 heterocycles. The number of hydrogen-bond donors (Lipinski definition) is 4. The Hall–Kier alpha value is -0.0600. The van der Waals surface area contributed by atoms with E-state index in [4.69, 9.17) is 10.2 Å². The summed E-state index contributed by atoms with van der Waals surface area (Å²) in [6.45, 7) is 3.50. The van der Waals surface area contributed by atoms with Crippen LogP contribution in [0.25, 0.3) is 0 Å². The molecule has 0 aromatic heterocycles. The van der Waals surface area contributed by atoms with E-state index in [1.54, 1.807) is 10.0 Å². The van der Waals surface area contributed by atoms with Gasteiger partial charge in [-0.05, 0) is 0 Å². The fourth-order valence-electron chi connectivity index (χ4n) is 1.80. The van der Waals surface area contributed by atoms with E-state index >= 15 is 0 Å². The molecule has 0 aromatic carbocycles. The van der Waals surface area contributed by atoms with Crippen molar-refractivity contribution in [2.45, 2.75) is 0 Å². The van der Waals surface area contributed by atoms with Gasteiger partial charge in [-0.15, -0.1) is 49.6 Å². The molecule has 0 aliphatic carbocycles. The number of nitrogens with one attached hydrogen (secondary N) is 2. The van der Waals surface area contributed by atoms with Crippen LogP contribution in [0.2, 0.25) is 0 Å². The van der Waals surface area contributed by atoms with Crippen LogP contribution in [0.4, 0.5) is 0 Å². The van der Waals surface area contributed by atoms with Gasteiger partial charge in [0, 0.05) is 39.3 Å². The molecular weight excluding hydrogens is 382 g/mol. The molecule has 4 N–H and O–H groups in total. The van der Waals surface area contributed by atoms with Crippen molar-refractivity contribution >= 4 is 61.6 Å². The molecule has 12 heteroatoms. The molecule has 0 radical (unpaired) electrons. The summed E-state index contributed by atoms with van der Waals surface area (Å²) in [4.78, 5) is 21.6. The molecular formula is C10H24Cl4N4O4. The van der Waals surface area contributed by atoms with E-state index in [9.17, 15) is 9.59 Å². The summed E-state index contributed by atoms with van der Waals surface area (Å²) in [5.74, 6) is -1.93.